The van der Waals surface area contributed by atoms with Gasteiger partial charge in [-0.2, -0.15) is 0 Å². The molecule has 2 nitrogen and oxygen atoms in total. The molecule has 60 valence electrons. The molecule has 0 aliphatic carbocycles. The van der Waals surface area contributed by atoms with Gasteiger partial charge in [-0.3, -0.25) is 4.98 Å². The highest BCUT2D eigenvalue weighted by Crippen LogP contribution is 2.19. The molecule has 0 aliphatic rings. The zero-order chi connectivity index (χ0) is 8.39. The molecule has 2 rings (SSSR count). The van der Waals surface area contributed by atoms with Crippen molar-refractivity contribution in [2.24, 2.45) is 0 Å². The number of thiazole rings is 1. The molecule has 0 amide bonds. The molecule has 0 saturated carbocycles. The maximum absolute atomic E-state index is 12.7. The molecule has 0 bridgehead atoms. The van der Waals surface area contributed by atoms with E-state index in [0.29, 0.717) is 5.69 Å². The summed E-state index contributed by atoms with van der Waals surface area (Å²) in [7, 11) is 0. The normalized spacial score (nSPS) is 10.1. The van der Waals surface area contributed by atoms with Gasteiger partial charge in [0, 0.05) is 23.8 Å². The van der Waals surface area contributed by atoms with Gasteiger partial charge < -0.3 is 0 Å². The van der Waals surface area contributed by atoms with E-state index in [2.05, 4.69) is 9.97 Å². The SMILES string of the molecule is Fc1ccnc(-c2nccs2)c1. The Morgan fingerprint density at radius 3 is 2.83 bits per heavy atom. The smallest absolute Gasteiger partial charge is 0.141 e. The predicted molar refractivity (Wildman–Crippen MR) is 45.3 cm³/mol. The van der Waals surface area contributed by atoms with Crippen LogP contribution in [-0.2, 0) is 0 Å². The van der Waals surface area contributed by atoms with E-state index in [1.165, 1.54) is 29.7 Å². The van der Waals surface area contributed by atoms with Crippen LogP contribution in [0, 0.1) is 5.82 Å². The second-order valence-electron chi connectivity index (χ2n) is 2.20. The molecule has 2 aromatic rings. The molecule has 0 N–H and O–H groups in total. The summed E-state index contributed by atoms with van der Waals surface area (Å²) in [6, 6.07) is 2.69. The lowest BCUT2D eigenvalue weighted by molar-refractivity contribution is 0.626. The summed E-state index contributed by atoms with van der Waals surface area (Å²) < 4.78 is 12.7. The maximum atomic E-state index is 12.7. The minimum absolute atomic E-state index is 0.282. The molecular formula is C8H5FN2S. The number of aromatic nitrogens is 2. The highest BCUT2D eigenvalue weighted by molar-refractivity contribution is 7.13. The molecule has 2 heterocycles. The van der Waals surface area contributed by atoms with E-state index >= 15 is 0 Å². The minimum atomic E-state index is -0.282. The Hall–Kier alpha value is -1.29. The van der Waals surface area contributed by atoms with Gasteiger partial charge in [0.05, 0.1) is 0 Å². The number of halogens is 1. The Bertz CT molecular complexity index is 372. The van der Waals surface area contributed by atoms with Gasteiger partial charge in [-0.1, -0.05) is 0 Å². The fourth-order valence-electron chi connectivity index (χ4n) is 0.872. The van der Waals surface area contributed by atoms with E-state index in [-0.39, 0.29) is 5.82 Å². The summed E-state index contributed by atoms with van der Waals surface area (Å²) in [4.78, 5) is 8.01. The van der Waals surface area contributed by atoms with Crippen molar-refractivity contribution in [3.8, 4) is 10.7 Å². The third-order valence-electron chi connectivity index (χ3n) is 1.37. The molecule has 0 fully saturated rings. The topological polar surface area (TPSA) is 25.8 Å². The predicted octanol–water partition coefficient (Wildman–Crippen LogP) is 2.34. The average Bonchev–Trinajstić information content (AvgIpc) is 2.56. The van der Waals surface area contributed by atoms with E-state index in [0.717, 1.165) is 5.01 Å². The molecule has 0 saturated heterocycles. The zero-order valence-electron chi connectivity index (χ0n) is 6.07. The summed E-state index contributed by atoms with van der Waals surface area (Å²) in [6.45, 7) is 0. The second kappa shape index (κ2) is 2.98. The Labute approximate surface area is 72.7 Å². The molecular weight excluding hydrogens is 175 g/mol. The second-order valence-corrected chi connectivity index (χ2v) is 3.09. The van der Waals surface area contributed by atoms with Crippen molar-refractivity contribution in [2.45, 2.75) is 0 Å². The first-order chi connectivity index (χ1) is 5.86. The van der Waals surface area contributed by atoms with Gasteiger partial charge in [0.1, 0.15) is 16.5 Å². The molecule has 4 heteroatoms. The number of hydrogen-bond acceptors (Lipinski definition) is 3. The van der Waals surface area contributed by atoms with Crippen LogP contribution >= 0.6 is 11.3 Å². The van der Waals surface area contributed by atoms with Gasteiger partial charge in [-0.25, -0.2) is 9.37 Å². The average molecular weight is 180 g/mol. The standard InChI is InChI=1S/C8H5FN2S/c9-6-1-2-10-7(5-6)8-11-3-4-12-8/h1-5H. The first-order valence-electron chi connectivity index (χ1n) is 3.38. The fraction of sp³-hybridized carbons (Fsp3) is 0. The van der Waals surface area contributed by atoms with Crippen LogP contribution in [0.3, 0.4) is 0 Å². The van der Waals surface area contributed by atoms with Crippen LogP contribution in [0.1, 0.15) is 0 Å². The Balaban J connectivity index is 2.48. The Morgan fingerprint density at radius 2 is 2.17 bits per heavy atom. The monoisotopic (exact) mass is 180 g/mol. The lowest BCUT2D eigenvalue weighted by atomic mass is 10.3. The molecule has 0 spiro atoms. The molecule has 0 aromatic carbocycles. The van der Waals surface area contributed by atoms with Crippen molar-refractivity contribution in [3.63, 3.8) is 0 Å². The van der Waals surface area contributed by atoms with Crippen LogP contribution in [0.15, 0.2) is 29.9 Å². The first-order valence-corrected chi connectivity index (χ1v) is 4.25. The van der Waals surface area contributed by atoms with E-state index in [1.807, 2.05) is 5.38 Å². The Kier molecular flexibility index (Phi) is 1.83. The molecule has 0 unspecified atom stereocenters. The highest BCUT2D eigenvalue weighted by atomic mass is 32.1. The summed E-state index contributed by atoms with van der Waals surface area (Å²) >= 11 is 1.44. The quantitative estimate of drug-likeness (QED) is 0.673. The molecule has 2 aromatic heterocycles. The van der Waals surface area contributed by atoms with Crippen LogP contribution in [0.25, 0.3) is 10.7 Å². The van der Waals surface area contributed by atoms with Gasteiger partial charge in [-0.15, -0.1) is 11.3 Å². The lowest BCUT2D eigenvalue weighted by Gasteiger charge is -1.93. The summed E-state index contributed by atoms with van der Waals surface area (Å²) in [5.41, 5.74) is 0.588. The summed E-state index contributed by atoms with van der Waals surface area (Å²) in [6.07, 6.45) is 3.11. The molecule has 0 aliphatic heterocycles. The largest absolute Gasteiger partial charge is 0.254 e. The van der Waals surface area contributed by atoms with E-state index < -0.39 is 0 Å². The van der Waals surface area contributed by atoms with Gasteiger partial charge in [-0.05, 0) is 6.07 Å². The first kappa shape index (κ1) is 7.36. The van der Waals surface area contributed by atoms with Crippen molar-refractivity contribution in [1.82, 2.24) is 9.97 Å². The third-order valence-corrected chi connectivity index (χ3v) is 2.17. The van der Waals surface area contributed by atoms with Gasteiger partial charge in [0.15, 0.2) is 0 Å². The molecule has 0 atom stereocenters. The number of pyridine rings is 1. The van der Waals surface area contributed by atoms with Crippen molar-refractivity contribution in [2.75, 3.05) is 0 Å². The van der Waals surface area contributed by atoms with Crippen molar-refractivity contribution in [1.29, 1.82) is 0 Å². The zero-order valence-corrected chi connectivity index (χ0v) is 6.88. The van der Waals surface area contributed by atoms with Crippen molar-refractivity contribution < 1.29 is 4.39 Å². The van der Waals surface area contributed by atoms with Gasteiger partial charge >= 0.3 is 0 Å². The molecule has 0 radical (unpaired) electrons. The van der Waals surface area contributed by atoms with E-state index in [4.69, 9.17) is 0 Å². The maximum Gasteiger partial charge on any atom is 0.141 e. The van der Waals surface area contributed by atoms with Crippen LogP contribution in [0.4, 0.5) is 4.39 Å². The Morgan fingerprint density at radius 1 is 1.25 bits per heavy atom. The third kappa shape index (κ3) is 1.33. The van der Waals surface area contributed by atoms with Crippen LogP contribution in [0.5, 0.6) is 0 Å². The lowest BCUT2D eigenvalue weighted by Crippen LogP contribution is -1.82. The fourth-order valence-corrected chi connectivity index (χ4v) is 1.48. The number of hydrogen-bond donors (Lipinski definition) is 0. The highest BCUT2D eigenvalue weighted by Gasteiger charge is 2.01. The van der Waals surface area contributed by atoms with Gasteiger partial charge in [0.2, 0.25) is 0 Å². The van der Waals surface area contributed by atoms with E-state index in [9.17, 15) is 4.39 Å². The summed E-state index contributed by atoms with van der Waals surface area (Å²) in [5, 5.41) is 2.58. The van der Waals surface area contributed by atoms with Crippen molar-refractivity contribution >= 4 is 11.3 Å². The number of nitrogens with zero attached hydrogens (tertiary/aromatic N) is 2. The van der Waals surface area contributed by atoms with Crippen LogP contribution < -0.4 is 0 Å². The van der Waals surface area contributed by atoms with Crippen molar-refractivity contribution in [3.05, 3.63) is 35.7 Å². The summed E-state index contributed by atoms with van der Waals surface area (Å²) in [5.74, 6) is -0.282. The number of rotatable bonds is 1. The molecule has 12 heavy (non-hydrogen) atoms. The minimum Gasteiger partial charge on any atom is -0.254 e. The van der Waals surface area contributed by atoms with Crippen LogP contribution in [-0.4, -0.2) is 9.97 Å². The van der Waals surface area contributed by atoms with Crippen LogP contribution in [0.2, 0.25) is 0 Å². The van der Waals surface area contributed by atoms with Gasteiger partial charge in [0.25, 0.3) is 0 Å². The van der Waals surface area contributed by atoms with E-state index in [1.54, 1.807) is 6.20 Å².